The third-order valence-electron chi connectivity index (χ3n) is 7.29. The number of fused-ring (bicyclic) bond motifs is 1. The Morgan fingerprint density at radius 3 is 2.51 bits per heavy atom. The standard InChI is InChI=1S/C28H27ClF3N3O4/c1-38-23-5-3-2-4-18(23)26-20(13-25(36)39-26)27(37)34-17-9-7-16(8-10-17)33-22-14-24(28(30,31)32)35-21-11-6-15(29)12-19(21)22/h2-6,11-12,14,16-17,20,26H,7-10,13H2,1H3,(H,33,35)(H,34,37). The van der Waals surface area contributed by atoms with Gasteiger partial charge in [0.1, 0.15) is 17.5 Å². The van der Waals surface area contributed by atoms with Crippen LogP contribution in [0.4, 0.5) is 18.9 Å². The SMILES string of the molecule is COc1ccccc1C1OC(=O)CC1C(=O)NC1CCC(Nc2cc(C(F)(F)F)nc3ccc(Cl)cc23)CC1. The van der Waals surface area contributed by atoms with Crippen molar-refractivity contribution in [2.24, 2.45) is 5.92 Å². The quantitative estimate of drug-likeness (QED) is 0.356. The number of amides is 1. The van der Waals surface area contributed by atoms with E-state index in [9.17, 15) is 22.8 Å². The molecule has 1 saturated heterocycles. The molecule has 1 saturated carbocycles. The summed E-state index contributed by atoms with van der Waals surface area (Å²) in [5.74, 6) is -0.849. The second-order valence-electron chi connectivity index (χ2n) is 9.88. The lowest BCUT2D eigenvalue weighted by atomic mass is 9.89. The van der Waals surface area contributed by atoms with E-state index in [-0.39, 0.29) is 29.9 Å². The van der Waals surface area contributed by atoms with Crippen molar-refractivity contribution in [3.8, 4) is 5.75 Å². The number of pyridine rings is 1. The number of anilines is 1. The molecule has 1 aliphatic carbocycles. The Bertz CT molecular complexity index is 1390. The Morgan fingerprint density at radius 2 is 1.79 bits per heavy atom. The third-order valence-corrected chi connectivity index (χ3v) is 7.52. The summed E-state index contributed by atoms with van der Waals surface area (Å²) >= 11 is 6.10. The molecule has 11 heteroatoms. The number of para-hydroxylation sites is 1. The molecule has 3 aromatic rings. The number of benzene rings is 2. The van der Waals surface area contributed by atoms with Crippen LogP contribution in [0.1, 0.15) is 49.5 Å². The fourth-order valence-corrected chi connectivity index (χ4v) is 5.52. The maximum atomic E-state index is 13.5. The summed E-state index contributed by atoms with van der Waals surface area (Å²) in [6, 6.07) is 12.5. The van der Waals surface area contributed by atoms with Crippen molar-refractivity contribution in [2.45, 2.75) is 56.5 Å². The molecular formula is C28H27ClF3N3O4. The van der Waals surface area contributed by atoms with Crippen molar-refractivity contribution in [3.05, 3.63) is 64.8 Å². The summed E-state index contributed by atoms with van der Waals surface area (Å²) in [4.78, 5) is 29.1. The topological polar surface area (TPSA) is 89.5 Å². The lowest BCUT2D eigenvalue weighted by Crippen LogP contribution is -2.43. The number of nitrogens with zero attached hydrogens (tertiary/aromatic N) is 1. The van der Waals surface area contributed by atoms with E-state index in [1.165, 1.54) is 19.2 Å². The maximum absolute atomic E-state index is 13.5. The number of esters is 1. The highest BCUT2D eigenvalue weighted by atomic mass is 35.5. The first-order valence-electron chi connectivity index (χ1n) is 12.7. The van der Waals surface area contributed by atoms with Crippen molar-refractivity contribution < 1.29 is 32.2 Å². The lowest BCUT2D eigenvalue weighted by molar-refractivity contribution is -0.142. The predicted molar refractivity (Wildman–Crippen MR) is 139 cm³/mol. The number of rotatable bonds is 6. The number of nitrogens with one attached hydrogen (secondary N) is 2. The van der Waals surface area contributed by atoms with Crippen LogP contribution in [-0.4, -0.2) is 36.1 Å². The van der Waals surface area contributed by atoms with Gasteiger partial charge >= 0.3 is 12.1 Å². The summed E-state index contributed by atoms with van der Waals surface area (Å²) in [6.45, 7) is 0. The molecule has 2 N–H and O–H groups in total. The van der Waals surface area contributed by atoms with Crippen LogP contribution in [0.25, 0.3) is 10.9 Å². The van der Waals surface area contributed by atoms with Gasteiger partial charge in [-0.05, 0) is 56.0 Å². The largest absolute Gasteiger partial charge is 0.496 e. The molecule has 1 aliphatic heterocycles. The van der Waals surface area contributed by atoms with Gasteiger partial charge in [0.2, 0.25) is 5.91 Å². The first kappa shape index (κ1) is 27.1. The summed E-state index contributed by atoms with van der Waals surface area (Å²) in [6.07, 6.45) is -2.83. The van der Waals surface area contributed by atoms with E-state index in [1.807, 2.05) is 0 Å². The van der Waals surface area contributed by atoms with Crippen LogP contribution in [0, 0.1) is 5.92 Å². The molecule has 1 aromatic heterocycles. The number of carbonyl (C=O) groups is 2. The van der Waals surface area contributed by atoms with Crippen LogP contribution in [-0.2, 0) is 20.5 Å². The van der Waals surface area contributed by atoms with Crippen LogP contribution in [0.3, 0.4) is 0 Å². The zero-order valence-electron chi connectivity index (χ0n) is 21.1. The van der Waals surface area contributed by atoms with Crippen molar-refractivity contribution >= 4 is 40.1 Å². The zero-order valence-corrected chi connectivity index (χ0v) is 21.8. The minimum absolute atomic E-state index is 0.0232. The average molecular weight is 562 g/mol. The molecule has 2 aliphatic rings. The summed E-state index contributed by atoms with van der Waals surface area (Å²) < 4.78 is 51.3. The van der Waals surface area contributed by atoms with Crippen LogP contribution in [0.5, 0.6) is 5.75 Å². The number of hydrogen-bond acceptors (Lipinski definition) is 6. The Balaban J connectivity index is 1.24. The van der Waals surface area contributed by atoms with Gasteiger partial charge in [-0.2, -0.15) is 13.2 Å². The molecule has 0 spiro atoms. The van der Waals surface area contributed by atoms with Crippen molar-refractivity contribution in [1.29, 1.82) is 0 Å². The van der Waals surface area contributed by atoms with E-state index in [0.717, 1.165) is 6.07 Å². The summed E-state index contributed by atoms with van der Waals surface area (Å²) in [7, 11) is 1.52. The highest BCUT2D eigenvalue weighted by molar-refractivity contribution is 6.31. The van der Waals surface area contributed by atoms with Crippen LogP contribution < -0.4 is 15.4 Å². The molecule has 2 fully saturated rings. The van der Waals surface area contributed by atoms with Crippen LogP contribution >= 0.6 is 11.6 Å². The fraction of sp³-hybridized carbons (Fsp3) is 0.393. The monoisotopic (exact) mass is 561 g/mol. The molecular weight excluding hydrogens is 535 g/mol. The average Bonchev–Trinajstić information content (AvgIpc) is 3.31. The Kier molecular flexibility index (Phi) is 7.57. The smallest absolute Gasteiger partial charge is 0.433 e. The number of ether oxygens (including phenoxy) is 2. The number of cyclic esters (lactones) is 1. The number of aromatic nitrogens is 1. The van der Waals surface area contributed by atoms with Gasteiger partial charge < -0.3 is 20.1 Å². The van der Waals surface area contributed by atoms with E-state index >= 15 is 0 Å². The van der Waals surface area contributed by atoms with E-state index < -0.39 is 29.9 Å². The predicted octanol–water partition coefficient (Wildman–Crippen LogP) is 6.06. The van der Waals surface area contributed by atoms with E-state index in [0.29, 0.717) is 53.1 Å². The molecule has 7 nitrogen and oxygen atoms in total. The maximum Gasteiger partial charge on any atom is 0.433 e. The number of alkyl halides is 3. The van der Waals surface area contributed by atoms with Gasteiger partial charge in [-0.15, -0.1) is 0 Å². The minimum atomic E-state index is -4.58. The zero-order chi connectivity index (χ0) is 27.7. The molecule has 39 heavy (non-hydrogen) atoms. The van der Waals surface area contributed by atoms with Gasteiger partial charge in [-0.1, -0.05) is 29.8 Å². The Morgan fingerprint density at radius 1 is 1.08 bits per heavy atom. The lowest BCUT2D eigenvalue weighted by Gasteiger charge is -2.31. The Labute approximate surface area is 228 Å². The molecule has 206 valence electrons. The molecule has 0 radical (unpaired) electrons. The number of carbonyl (C=O) groups excluding carboxylic acids is 2. The van der Waals surface area contributed by atoms with Crippen molar-refractivity contribution in [2.75, 3.05) is 12.4 Å². The Hall–Kier alpha value is -3.53. The second-order valence-corrected chi connectivity index (χ2v) is 10.3. The molecule has 2 atom stereocenters. The summed E-state index contributed by atoms with van der Waals surface area (Å²) in [5.41, 5.74) is 0.194. The highest BCUT2D eigenvalue weighted by Gasteiger charge is 2.42. The number of methoxy groups -OCH3 is 1. The van der Waals surface area contributed by atoms with Gasteiger partial charge in [0.15, 0.2) is 0 Å². The highest BCUT2D eigenvalue weighted by Crippen LogP contribution is 2.40. The molecule has 2 unspecified atom stereocenters. The first-order valence-corrected chi connectivity index (χ1v) is 13.1. The van der Waals surface area contributed by atoms with Gasteiger partial charge in [-0.3, -0.25) is 9.59 Å². The van der Waals surface area contributed by atoms with Crippen LogP contribution in [0.15, 0.2) is 48.5 Å². The minimum Gasteiger partial charge on any atom is -0.496 e. The normalized spacial score (nSPS) is 23.4. The molecule has 2 aromatic carbocycles. The van der Waals surface area contributed by atoms with E-state index in [4.69, 9.17) is 21.1 Å². The van der Waals surface area contributed by atoms with Gasteiger partial charge in [-0.25, -0.2) is 4.98 Å². The molecule has 0 bridgehead atoms. The van der Waals surface area contributed by atoms with Gasteiger partial charge in [0.05, 0.1) is 25.0 Å². The first-order chi connectivity index (χ1) is 18.6. The van der Waals surface area contributed by atoms with Gasteiger partial charge in [0, 0.05) is 33.7 Å². The fourth-order valence-electron chi connectivity index (χ4n) is 5.34. The van der Waals surface area contributed by atoms with Gasteiger partial charge in [0.25, 0.3) is 0 Å². The van der Waals surface area contributed by atoms with Crippen molar-refractivity contribution in [1.82, 2.24) is 10.3 Å². The second kappa shape index (κ2) is 10.9. The van der Waals surface area contributed by atoms with Crippen LogP contribution in [0.2, 0.25) is 5.02 Å². The number of halogens is 4. The van der Waals surface area contributed by atoms with Crippen molar-refractivity contribution in [3.63, 3.8) is 0 Å². The third kappa shape index (κ3) is 5.90. The van der Waals surface area contributed by atoms with E-state index in [2.05, 4.69) is 15.6 Å². The number of hydrogen-bond donors (Lipinski definition) is 2. The molecule has 2 heterocycles. The van der Waals surface area contributed by atoms with E-state index in [1.54, 1.807) is 30.3 Å². The molecule has 5 rings (SSSR count). The molecule has 1 amide bonds. The summed E-state index contributed by atoms with van der Waals surface area (Å²) in [5, 5.41) is 7.22.